The number of likely N-dealkylation sites (N-methyl/N-ethyl adjacent to an activating group) is 1. The van der Waals surface area contributed by atoms with Crippen LogP contribution in [0.2, 0.25) is 0 Å². The molecule has 27 heavy (non-hydrogen) atoms. The van der Waals surface area contributed by atoms with Gasteiger partial charge < -0.3 is 20.7 Å². The summed E-state index contributed by atoms with van der Waals surface area (Å²) in [4.78, 5) is 14.8. The number of halogens is 2. The molecule has 1 aliphatic carbocycles. The molecule has 7 heteroatoms. The van der Waals surface area contributed by atoms with Crippen molar-refractivity contribution >= 4 is 30.7 Å². The van der Waals surface area contributed by atoms with E-state index in [-0.39, 0.29) is 36.6 Å². The number of rotatable bonds is 10. The van der Waals surface area contributed by atoms with E-state index in [9.17, 15) is 4.79 Å². The van der Waals surface area contributed by atoms with Crippen LogP contribution in [0, 0.1) is 11.8 Å². The van der Waals surface area contributed by atoms with Crippen LogP contribution < -0.4 is 15.8 Å². The lowest BCUT2D eigenvalue weighted by Gasteiger charge is -2.20. The van der Waals surface area contributed by atoms with E-state index in [1.807, 2.05) is 24.3 Å². The molecule has 1 aromatic rings. The van der Waals surface area contributed by atoms with Crippen LogP contribution in [0.15, 0.2) is 24.3 Å². The summed E-state index contributed by atoms with van der Waals surface area (Å²) in [5.41, 5.74) is 6.82. The highest BCUT2D eigenvalue weighted by Crippen LogP contribution is 2.31. The molecule has 2 rings (SSSR count). The first kappa shape index (κ1) is 26.0. The van der Waals surface area contributed by atoms with Crippen LogP contribution in [0.25, 0.3) is 0 Å². The summed E-state index contributed by atoms with van der Waals surface area (Å²) in [6.45, 7) is 9.05. The van der Waals surface area contributed by atoms with Gasteiger partial charge in [0.25, 0.3) is 0 Å². The highest BCUT2D eigenvalue weighted by Gasteiger charge is 2.31. The molecule has 0 heterocycles. The topological polar surface area (TPSA) is 67.6 Å². The van der Waals surface area contributed by atoms with Crippen LogP contribution in [-0.4, -0.2) is 43.6 Å². The highest BCUT2D eigenvalue weighted by molar-refractivity contribution is 5.85. The second kappa shape index (κ2) is 14.1. The minimum Gasteiger partial charge on any atom is -0.492 e. The average molecular weight is 420 g/mol. The van der Waals surface area contributed by atoms with E-state index in [0.29, 0.717) is 25.6 Å². The molecule has 0 saturated heterocycles. The number of benzene rings is 1. The minimum atomic E-state index is 0. The number of hydrogen-bond donors (Lipinski definition) is 2. The van der Waals surface area contributed by atoms with Gasteiger partial charge in [-0.3, -0.25) is 4.79 Å². The van der Waals surface area contributed by atoms with Gasteiger partial charge in [-0.05, 0) is 44.5 Å². The van der Waals surface area contributed by atoms with Crippen LogP contribution in [0.5, 0.6) is 5.75 Å². The van der Waals surface area contributed by atoms with E-state index >= 15 is 0 Å². The summed E-state index contributed by atoms with van der Waals surface area (Å²) in [5, 5.41) is 3.08. The Morgan fingerprint density at radius 2 is 1.93 bits per heavy atom. The number of amides is 1. The number of hydrogen-bond acceptors (Lipinski definition) is 4. The molecule has 0 aromatic heterocycles. The van der Waals surface area contributed by atoms with Gasteiger partial charge in [0, 0.05) is 24.6 Å². The van der Waals surface area contributed by atoms with Gasteiger partial charge in [-0.1, -0.05) is 38.5 Å². The van der Waals surface area contributed by atoms with Crippen molar-refractivity contribution in [3.63, 3.8) is 0 Å². The number of ether oxygens (including phenoxy) is 1. The van der Waals surface area contributed by atoms with Gasteiger partial charge >= 0.3 is 0 Å². The largest absolute Gasteiger partial charge is 0.492 e. The van der Waals surface area contributed by atoms with Crippen LogP contribution in [0.4, 0.5) is 0 Å². The van der Waals surface area contributed by atoms with E-state index in [4.69, 9.17) is 10.5 Å². The lowest BCUT2D eigenvalue weighted by Crippen LogP contribution is -2.34. The molecule has 0 radical (unpaired) electrons. The number of carbonyl (C=O) groups excluding carboxylic acids is 1. The van der Waals surface area contributed by atoms with Crippen molar-refractivity contribution in [2.24, 2.45) is 17.6 Å². The number of nitrogens with one attached hydrogen (secondary N) is 1. The molecule has 0 bridgehead atoms. The van der Waals surface area contributed by atoms with Crippen molar-refractivity contribution in [1.82, 2.24) is 10.2 Å². The Hall–Kier alpha value is -1.01. The Morgan fingerprint density at radius 3 is 2.59 bits per heavy atom. The molecule has 0 unspecified atom stereocenters. The van der Waals surface area contributed by atoms with Crippen molar-refractivity contribution in [2.45, 2.75) is 39.7 Å². The van der Waals surface area contributed by atoms with Gasteiger partial charge in [-0.25, -0.2) is 0 Å². The van der Waals surface area contributed by atoms with Gasteiger partial charge in [-0.2, -0.15) is 0 Å². The zero-order valence-electron chi connectivity index (χ0n) is 16.5. The maximum atomic E-state index is 12.5. The summed E-state index contributed by atoms with van der Waals surface area (Å²) in [5.74, 6) is 1.39. The van der Waals surface area contributed by atoms with E-state index in [2.05, 4.69) is 24.1 Å². The third-order valence-electron chi connectivity index (χ3n) is 5.28. The fourth-order valence-electron chi connectivity index (χ4n) is 3.59. The third-order valence-corrected chi connectivity index (χ3v) is 5.28. The average Bonchev–Trinajstić information content (AvgIpc) is 3.13. The maximum absolute atomic E-state index is 12.5. The number of carbonyl (C=O) groups is 1. The smallest absolute Gasteiger partial charge is 0.223 e. The summed E-state index contributed by atoms with van der Waals surface area (Å²) >= 11 is 0. The Bertz CT molecular complexity index is 542. The molecule has 1 aromatic carbocycles. The van der Waals surface area contributed by atoms with Crippen LogP contribution in [0.1, 0.15) is 38.7 Å². The van der Waals surface area contributed by atoms with Crippen molar-refractivity contribution in [2.75, 3.05) is 32.8 Å². The predicted octanol–water partition coefficient (Wildman–Crippen LogP) is 3.24. The lowest BCUT2D eigenvalue weighted by molar-refractivity contribution is -0.126. The monoisotopic (exact) mass is 419 g/mol. The summed E-state index contributed by atoms with van der Waals surface area (Å²) in [6.07, 6.45) is 3.13. The molecule has 5 nitrogen and oxygen atoms in total. The van der Waals surface area contributed by atoms with Gasteiger partial charge in [0.2, 0.25) is 5.91 Å². The van der Waals surface area contributed by atoms with E-state index < -0.39 is 0 Å². The first-order valence-corrected chi connectivity index (χ1v) is 9.60. The number of nitrogens with two attached hydrogens (primary N) is 1. The van der Waals surface area contributed by atoms with Crippen molar-refractivity contribution in [1.29, 1.82) is 0 Å². The minimum absolute atomic E-state index is 0. The van der Waals surface area contributed by atoms with E-state index in [1.165, 1.54) is 0 Å². The zero-order chi connectivity index (χ0) is 18.1. The van der Waals surface area contributed by atoms with Crippen LogP contribution >= 0.6 is 24.8 Å². The second-order valence-electron chi connectivity index (χ2n) is 6.73. The highest BCUT2D eigenvalue weighted by atomic mass is 35.5. The van der Waals surface area contributed by atoms with E-state index in [1.54, 1.807) is 0 Å². The zero-order valence-corrected chi connectivity index (χ0v) is 18.1. The standard InChI is InChI=1S/C20H33N3O2.2ClH/c1-3-23(4-2)12-13-25-19-11-6-5-8-17(19)15-22-20(24)18-10-7-9-16(18)14-21;;/h5-6,8,11,16,18H,3-4,7,9-10,12-15,21H2,1-2H3,(H,22,24);2*1H/t16-,18-;;/m1../s1. The summed E-state index contributed by atoms with van der Waals surface area (Å²) in [7, 11) is 0. The van der Waals surface area contributed by atoms with Crippen LogP contribution in [0.3, 0.4) is 0 Å². The van der Waals surface area contributed by atoms with Crippen molar-refractivity contribution in [3.05, 3.63) is 29.8 Å². The molecule has 2 atom stereocenters. The van der Waals surface area contributed by atoms with Crippen LogP contribution in [-0.2, 0) is 11.3 Å². The molecule has 3 N–H and O–H groups in total. The predicted molar refractivity (Wildman–Crippen MR) is 116 cm³/mol. The maximum Gasteiger partial charge on any atom is 0.223 e. The second-order valence-corrected chi connectivity index (χ2v) is 6.73. The summed E-state index contributed by atoms with van der Waals surface area (Å²) in [6, 6.07) is 7.94. The normalized spacial score (nSPS) is 18.5. The van der Waals surface area contributed by atoms with Gasteiger partial charge in [0.05, 0.1) is 0 Å². The first-order valence-electron chi connectivity index (χ1n) is 9.60. The molecular weight excluding hydrogens is 385 g/mol. The van der Waals surface area contributed by atoms with Crippen molar-refractivity contribution in [3.8, 4) is 5.75 Å². The fraction of sp³-hybridized carbons (Fsp3) is 0.650. The molecule has 1 amide bonds. The third kappa shape index (κ3) is 7.86. The Balaban J connectivity index is 0.00000338. The Labute approximate surface area is 176 Å². The number of para-hydroxylation sites is 1. The first-order chi connectivity index (χ1) is 12.2. The fourth-order valence-corrected chi connectivity index (χ4v) is 3.59. The number of nitrogens with zero attached hydrogens (tertiary/aromatic N) is 1. The Morgan fingerprint density at radius 1 is 1.22 bits per heavy atom. The van der Waals surface area contributed by atoms with Gasteiger partial charge in [0.1, 0.15) is 12.4 Å². The Kier molecular flexibility index (Phi) is 13.5. The van der Waals surface area contributed by atoms with Crippen molar-refractivity contribution < 1.29 is 9.53 Å². The van der Waals surface area contributed by atoms with Gasteiger partial charge in [0.15, 0.2) is 0 Å². The molecular formula is C20H35Cl2N3O2. The molecule has 156 valence electrons. The molecule has 1 saturated carbocycles. The quantitative estimate of drug-likeness (QED) is 0.610. The molecule has 0 aliphatic heterocycles. The van der Waals surface area contributed by atoms with Gasteiger partial charge in [-0.15, -0.1) is 24.8 Å². The van der Waals surface area contributed by atoms with E-state index in [0.717, 1.165) is 50.2 Å². The molecule has 1 fully saturated rings. The summed E-state index contributed by atoms with van der Waals surface area (Å²) < 4.78 is 5.96. The molecule has 0 spiro atoms. The lowest BCUT2D eigenvalue weighted by atomic mass is 9.95. The molecule has 1 aliphatic rings. The SMILES string of the molecule is CCN(CC)CCOc1ccccc1CNC(=O)[C@@H]1CCC[C@@H]1CN.Cl.Cl.